The molecule has 2 aromatic carbocycles. The number of nitrogens with zero attached hydrogens (tertiary/aromatic N) is 1. The average molecular weight is 348 g/mol. The van der Waals surface area contributed by atoms with Crippen LogP contribution in [-0.2, 0) is 12.8 Å². The summed E-state index contributed by atoms with van der Waals surface area (Å²) in [5.74, 6) is 0.881. The summed E-state index contributed by atoms with van der Waals surface area (Å²) in [6.07, 6.45) is 2.15. The number of hydrogen-bond acceptors (Lipinski definition) is 6. The Bertz CT molecular complexity index is 853. The van der Waals surface area contributed by atoms with Crippen molar-refractivity contribution in [2.45, 2.75) is 19.1 Å². The first kappa shape index (κ1) is 15.7. The molecular formula is C20H24N6. The van der Waals surface area contributed by atoms with Crippen LogP contribution < -0.4 is 26.6 Å². The maximum atomic E-state index is 4.41. The molecule has 5 rings (SSSR count). The first-order valence-electron chi connectivity index (χ1n) is 9.36. The van der Waals surface area contributed by atoms with Gasteiger partial charge in [-0.15, -0.1) is 0 Å². The number of nitrogens with one attached hydrogen (secondary N) is 5. The molecule has 2 aromatic rings. The molecule has 0 atom stereocenters. The van der Waals surface area contributed by atoms with E-state index in [0.29, 0.717) is 0 Å². The van der Waals surface area contributed by atoms with Gasteiger partial charge in [0, 0.05) is 31.0 Å². The van der Waals surface area contributed by atoms with Gasteiger partial charge in [-0.3, -0.25) is 15.6 Å². The predicted molar refractivity (Wildman–Crippen MR) is 106 cm³/mol. The van der Waals surface area contributed by atoms with Crippen molar-refractivity contribution in [2.75, 3.05) is 36.8 Å². The normalized spacial score (nSPS) is 18.7. The van der Waals surface area contributed by atoms with E-state index >= 15 is 0 Å². The molecule has 26 heavy (non-hydrogen) atoms. The Labute approximate surface area is 153 Å². The molecule has 1 aliphatic carbocycles. The minimum Gasteiger partial charge on any atom is -0.358 e. The standard InChI is InChI=1S/C20H24N6/c1-3-17(25-19-21-5-6-22-19)11-15-10-14-2-4-18(12-16(14)9-13(1)15)26-20-23-7-8-24-20/h1-4,11-12,19,21-22,25H,5-10H2,(H2,23,24,26). The van der Waals surface area contributed by atoms with Crippen LogP contribution in [0.25, 0.3) is 0 Å². The third-order valence-electron chi connectivity index (χ3n) is 5.24. The summed E-state index contributed by atoms with van der Waals surface area (Å²) in [7, 11) is 0. The van der Waals surface area contributed by atoms with Crippen LogP contribution in [-0.4, -0.2) is 38.4 Å². The number of hydrogen-bond donors (Lipinski definition) is 5. The van der Waals surface area contributed by atoms with Gasteiger partial charge in [0.1, 0.15) is 6.29 Å². The van der Waals surface area contributed by atoms with Crippen molar-refractivity contribution in [3.8, 4) is 0 Å². The van der Waals surface area contributed by atoms with Gasteiger partial charge in [0.05, 0.1) is 6.54 Å². The molecule has 3 aliphatic rings. The topological polar surface area (TPSA) is 72.5 Å². The Morgan fingerprint density at radius 3 is 2.19 bits per heavy atom. The summed E-state index contributed by atoms with van der Waals surface area (Å²) < 4.78 is 0. The third kappa shape index (κ3) is 3.13. The van der Waals surface area contributed by atoms with Crippen LogP contribution in [0.5, 0.6) is 0 Å². The number of aliphatic imine (C=N–C) groups is 1. The molecule has 0 spiro atoms. The minimum absolute atomic E-state index is 0.171. The van der Waals surface area contributed by atoms with Gasteiger partial charge in [0.2, 0.25) is 0 Å². The maximum absolute atomic E-state index is 4.41. The van der Waals surface area contributed by atoms with Gasteiger partial charge in [-0.05, 0) is 59.4 Å². The number of rotatable bonds is 3. The molecule has 0 saturated carbocycles. The van der Waals surface area contributed by atoms with E-state index in [0.717, 1.165) is 50.7 Å². The van der Waals surface area contributed by atoms with Crippen molar-refractivity contribution in [1.29, 1.82) is 0 Å². The molecule has 2 heterocycles. The highest BCUT2D eigenvalue weighted by Gasteiger charge is 2.18. The Morgan fingerprint density at radius 2 is 1.50 bits per heavy atom. The van der Waals surface area contributed by atoms with Crippen LogP contribution in [0.3, 0.4) is 0 Å². The molecule has 1 saturated heterocycles. The van der Waals surface area contributed by atoms with Crippen molar-refractivity contribution < 1.29 is 0 Å². The molecule has 0 unspecified atom stereocenters. The van der Waals surface area contributed by atoms with Crippen LogP contribution in [0.2, 0.25) is 0 Å². The predicted octanol–water partition coefficient (Wildman–Crippen LogP) is 1.44. The monoisotopic (exact) mass is 348 g/mol. The summed E-state index contributed by atoms with van der Waals surface area (Å²) in [5, 5.41) is 16.9. The highest BCUT2D eigenvalue weighted by Crippen LogP contribution is 2.30. The molecule has 5 N–H and O–H groups in total. The first-order chi connectivity index (χ1) is 12.8. The second kappa shape index (κ2) is 6.63. The SMILES string of the molecule is c1cc2c(cc1NC1=NCCN1)Cc1ccc(NC3NCCN3)cc1C2. The summed E-state index contributed by atoms with van der Waals surface area (Å²) in [4.78, 5) is 4.41. The molecule has 134 valence electrons. The van der Waals surface area contributed by atoms with E-state index in [-0.39, 0.29) is 6.29 Å². The number of guanidine groups is 1. The molecule has 1 fully saturated rings. The van der Waals surface area contributed by atoms with Crippen LogP contribution >= 0.6 is 0 Å². The van der Waals surface area contributed by atoms with Gasteiger partial charge in [-0.2, -0.15) is 0 Å². The number of anilines is 2. The van der Waals surface area contributed by atoms with Gasteiger partial charge in [0.15, 0.2) is 5.96 Å². The van der Waals surface area contributed by atoms with E-state index in [1.165, 1.54) is 27.9 Å². The molecule has 6 heteroatoms. The van der Waals surface area contributed by atoms with Crippen LogP contribution in [0, 0.1) is 0 Å². The van der Waals surface area contributed by atoms with E-state index in [2.05, 4.69) is 68.0 Å². The van der Waals surface area contributed by atoms with Crippen LogP contribution in [0.15, 0.2) is 41.4 Å². The van der Waals surface area contributed by atoms with Crippen LogP contribution in [0.4, 0.5) is 11.4 Å². The van der Waals surface area contributed by atoms with Gasteiger partial charge < -0.3 is 16.0 Å². The quantitative estimate of drug-likeness (QED) is 0.495. The molecule has 0 aromatic heterocycles. The second-order valence-electron chi connectivity index (χ2n) is 7.09. The Hall–Kier alpha value is -2.57. The number of fused-ring (bicyclic) bond motifs is 2. The Kier molecular flexibility index (Phi) is 3.99. The van der Waals surface area contributed by atoms with E-state index in [1.54, 1.807) is 0 Å². The van der Waals surface area contributed by atoms with Gasteiger partial charge in [-0.1, -0.05) is 12.1 Å². The Balaban J connectivity index is 1.33. The number of benzene rings is 2. The fraction of sp³-hybridized carbons (Fsp3) is 0.350. The molecule has 0 bridgehead atoms. The van der Waals surface area contributed by atoms with Crippen molar-refractivity contribution >= 4 is 17.3 Å². The molecule has 0 radical (unpaired) electrons. The summed E-state index contributed by atoms with van der Waals surface area (Å²) in [6.45, 7) is 3.79. The highest BCUT2D eigenvalue weighted by molar-refractivity contribution is 5.94. The lowest BCUT2D eigenvalue weighted by Gasteiger charge is -2.23. The Morgan fingerprint density at radius 1 is 0.808 bits per heavy atom. The van der Waals surface area contributed by atoms with Crippen LogP contribution in [0.1, 0.15) is 22.3 Å². The fourth-order valence-corrected chi connectivity index (χ4v) is 3.90. The summed E-state index contributed by atoms with van der Waals surface area (Å²) >= 11 is 0. The summed E-state index contributed by atoms with van der Waals surface area (Å²) in [5.41, 5.74) is 7.94. The van der Waals surface area contributed by atoms with E-state index in [1.807, 2.05) is 0 Å². The van der Waals surface area contributed by atoms with E-state index in [4.69, 9.17) is 0 Å². The van der Waals surface area contributed by atoms with Gasteiger partial charge in [-0.25, -0.2) is 0 Å². The largest absolute Gasteiger partial charge is 0.358 e. The lowest BCUT2D eigenvalue weighted by atomic mass is 9.85. The van der Waals surface area contributed by atoms with Crippen molar-refractivity contribution in [1.82, 2.24) is 16.0 Å². The zero-order valence-corrected chi connectivity index (χ0v) is 14.7. The van der Waals surface area contributed by atoms with E-state index in [9.17, 15) is 0 Å². The van der Waals surface area contributed by atoms with Gasteiger partial charge >= 0.3 is 0 Å². The molecular weight excluding hydrogens is 324 g/mol. The smallest absolute Gasteiger partial charge is 0.195 e. The van der Waals surface area contributed by atoms with Crippen molar-refractivity contribution in [3.05, 3.63) is 58.7 Å². The fourth-order valence-electron chi connectivity index (χ4n) is 3.90. The van der Waals surface area contributed by atoms with Gasteiger partial charge in [0.25, 0.3) is 0 Å². The first-order valence-corrected chi connectivity index (χ1v) is 9.36. The molecule has 2 aliphatic heterocycles. The highest BCUT2D eigenvalue weighted by atomic mass is 15.3. The van der Waals surface area contributed by atoms with Crippen molar-refractivity contribution in [2.24, 2.45) is 4.99 Å². The minimum atomic E-state index is 0.171. The lowest BCUT2D eigenvalue weighted by Crippen LogP contribution is -2.38. The van der Waals surface area contributed by atoms with E-state index < -0.39 is 0 Å². The average Bonchev–Trinajstić information content (AvgIpc) is 3.34. The maximum Gasteiger partial charge on any atom is 0.195 e. The molecule has 0 amide bonds. The third-order valence-corrected chi connectivity index (χ3v) is 5.24. The van der Waals surface area contributed by atoms with Crippen molar-refractivity contribution in [3.63, 3.8) is 0 Å². The summed E-state index contributed by atoms with van der Waals surface area (Å²) in [6, 6.07) is 13.4. The second-order valence-corrected chi connectivity index (χ2v) is 7.09. The zero-order valence-electron chi connectivity index (χ0n) is 14.7. The molecule has 6 nitrogen and oxygen atoms in total. The zero-order chi connectivity index (χ0) is 17.3. The lowest BCUT2D eigenvalue weighted by molar-refractivity contribution is 0.620.